The molecule has 0 aromatic rings. The number of nitrogens with two attached hydrogens (primary N) is 2. The van der Waals surface area contributed by atoms with Crippen molar-refractivity contribution in [2.24, 2.45) is 11.5 Å². The maximum atomic E-state index is 10.9. The van der Waals surface area contributed by atoms with Gasteiger partial charge in [-0.25, -0.2) is 0 Å². The number of hydrogen-bond acceptors (Lipinski definition) is 6. The van der Waals surface area contributed by atoms with Crippen molar-refractivity contribution in [3.63, 3.8) is 0 Å². The minimum absolute atomic E-state index is 0.437. The summed E-state index contributed by atoms with van der Waals surface area (Å²) in [4.78, 5) is 21.7. The second kappa shape index (κ2) is 4.74. The average Bonchev–Trinajstić information content (AvgIpc) is 2.17. The molecule has 0 aliphatic carbocycles. The van der Waals surface area contributed by atoms with Crippen LogP contribution in [-0.4, -0.2) is 52.6 Å². The molecular weight excluding hydrogens is 218 g/mol. The summed E-state index contributed by atoms with van der Waals surface area (Å²) >= 11 is 0. The average molecular weight is 233 g/mol. The van der Waals surface area contributed by atoms with E-state index in [9.17, 15) is 19.8 Å². The number of primary amides is 1. The van der Waals surface area contributed by atoms with E-state index in [1.165, 1.54) is 6.92 Å². The Labute approximate surface area is 91.5 Å². The lowest BCUT2D eigenvalue weighted by Gasteiger charge is -2.40. The Morgan fingerprint density at radius 1 is 1.31 bits per heavy atom. The molecule has 5 atom stereocenters. The fourth-order valence-corrected chi connectivity index (χ4v) is 1.56. The SMILES string of the molecule is CC(=O)N[C@@H]1[C@@H](O)[C@H](O)[C@@H](C(N)=O)O[C@H]1N. The van der Waals surface area contributed by atoms with Gasteiger partial charge in [-0.3, -0.25) is 9.59 Å². The molecule has 1 rings (SSSR count). The lowest BCUT2D eigenvalue weighted by atomic mass is 9.95. The second-order valence-electron chi connectivity index (χ2n) is 3.63. The second-order valence-corrected chi connectivity index (χ2v) is 3.63. The van der Waals surface area contributed by atoms with Gasteiger partial charge < -0.3 is 31.7 Å². The predicted octanol–water partition coefficient (Wildman–Crippen LogP) is -3.62. The van der Waals surface area contributed by atoms with Crippen molar-refractivity contribution in [1.82, 2.24) is 5.32 Å². The minimum Gasteiger partial charge on any atom is -0.388 e. The molecule has 1 fully saturated rings. The molecule has 0 radical (unpaired) electrons. The van der Waals surface area contributed by atoms with Gasteiger partial charge in [-0.1, -0.05) is 0 Å². The largest absolute Gasteiger partial charge is 0.388 e. The van der Waals surface area contributed by atoms with Gasteiger partial charge in [0.1, 0.15) is 18.4 Å². The number of amides is 2. The zero-order chi connectivity index (χ0) is 12.5. The summed E-state index contributed by atoms with van der Waals surface area (Å²) in [5.74, 6) is -1.36. The van der Waals surface area contributed by atoms with E-state index in [1.807, 2.05) is 0 Å². The smallest absolute Gasteiger partial charge is 0.249 e. The van der Waals surface area contributed by atoms with Crippen molar-refractivity contribution < 1.29 is 24.5 Å². The quantitative estimate of drug-likeness (QED) is 0.332. The summed E-state index contributed by atoms with van der Waals surface area (Å²) in [7, 11) is 0. The maximum Gasteiger partial charge on any atom is 0.249 e. The summed E-state index contributed by atoms with van der Waals surface area (Å²) in [6.45, 7) is 1.23. The Balaban J connectivity index is 2.79. The molecule has 0 aromatic carbocycles. The van der Waals surface area contributed by atoms with E-state index in [-0.39, 0.29) is 0 Å². The van der Waals surface area contributed by atoms with Crippen LogP contribution >= 0.6 is 0 Å². The highest BCUT2D eigenvalue weighted by Gasteiger charge is 2.45. The molecule has 0 spiro atoms. The lowest BCUT2D eigenvalue weighted by Crippen LogP contribution is -2.67. The summed E-state index contributed by atoms with van der Waals surface area (Å²) in [5, 5.41) is 21.5. The van der Waals surface area contributed by atoms with Gasteiger partial charge in [-0.2, -0.15) is 0 Å². The van der Waals surface area contributed by atoms with Crippen molar-refractivity contribution in [2.45, 2.75) is 37.5 Å². The van der Waals surface area contributed by atoms with Gasteiger partial charge in [-0.05, 0) is 0 Å². The number of carbonyl (C=O) groups is 2. The van der Waals surface area contributed by atoms with Gasteiger partial charge in [0.05, 0.1) is 6.04 Å². The molecular formula is C8H15N3O5. The first-order valence-corrected chi connectivity index (χ1v) is 4.68. The van der Waals surface area contributed by atoms with Crippen LogP contribution in [0.1, 0.15) is 6.92 Å². The molecule has 1 heterocycles. The van der Waals surface area contributed by atoms with E-state index in [4.69, 9.17) is 16.2 Å². The van der Waals surface area contributed by atoms with Gasteiger partial charge >= 0.3 is 0 Å². The highest BCUT2D eigenvalue weighted by Crippen LogP contribution is 2.18. The van der Waals surface area contributed by atoms with Crippen molar-refractivity contribution >= 4 is 11.8 Å². The zero-order valence-electron chi connectivity index (χ0n) is 8.66. The predicted molar refractivity (Wildman–Crippen MR) is 51.7 cm³/mol. The molecule has 1 aliphatic heterocycles. The Kier molecular flexibility index (Phi) is 3.81. The van der Waals surface area contributed by atoms with Crippen LogP contribution in [0.3, 0.4) is 0 Å². The molecule has 0 bridgehead atoms. The number of rotatable bonds is 2. The fraction of sp³-hybridized carbons (Fsp3) is 0.750. The molecule has 1 aliphatic rings. The Morgan fingerprint density at radius 2 is 1.88 bits per heavy atom. The summed E-state index contributed by atoms with van der Waals surface area (Å²) in [5.41, 5.74) is 10.4. The van der Waals surface area contributed by atoms with E-state index in [0.29, 0.717) is 0 Å². The number of aliphatic hydroxyl groups excluding tert-OH is 2. The Hall–Kier alpha value is -1.22. The first-order valence-electron chi connectivity index (χ1n) is 4.68. The fourth-order valence-electron chi connectivity index (χ4n) is 1.56. The maximum absolute atomic E-state index is 10.9. The van der Waals surface area contributed by atoms with Crippen LogP contribution < -0.4 is 16.8 Å². The van der Waals surface area contributed by atoms with Gasteiger partial charge in [0.15, 0.2) is 6.10 Å². The Bertz CT molecular complexity index is 297. The van der Waals surface area contributed by atoms with Crippen LogP contribution in [0.15, 0.2) is 0 Å². The molecule has 0 unspecified atom stereocenters. The molecule has 92 valence electrons. The number of ether oxygens (including phenoxy) is 1. The van der Waals surface area contributed by atoms with Crippen LogP contribution in [-0.2, 0) is 14.3 Å². The van der Waals surface area contributed by atoms with Gasteiger partial charge in [0.2, 0.25) is 11.8 Å². The number of nitrogens with one attached hydrogen (secondary N) is 1. The number of carbonyl (C=O) groups excluding carboxylic acids is 2. The highest BCUT2D eigenvalue weighted by molar-refractivity contribution is 5.80. The van der Waals surface area contributed by atoms with Crippen LogP contribution in [0.4, 0.5) is 0 Å². The zero-order valence-corrected chi connectivity index (χ0v) is 8.66. The normalized spacial score (nSPS) is 39.1. The van der Waals surface area contributed by atoms with Crippen molar-refractivity contribution in [3.05, 3.63) is 0 Å². The minimum atomic E-state index is -1.52. The van der Waals surface area contributed by atoms with Crippen molar-refractivity contribution in [1.29, 1.82) is 0 Å². The molecule has 8 heteroatoms. The standard InChI is InChI=1S/C8H15N3O5/c1-2(12)11-3-4(13)5(14)6(7(9)15)16-8(3)10/h3-6,8,13-14H,10H2,1H3,(H2,9,15)(H,11,12)/t3-,4-,5+,6+,8-/m1/s1. The summed E-state index contributed by atoms with van der Waals surface area (Å²) in [6, 6.07) is -0.983. The summed E-state index contributed by atoms with van der Waals surface area (Å²) in [6.07, 6.45) is -5.42. The highest BCUT2D eigenvalue weighted by atomic mass is 16.5. The first-order chi connectivity index (χ1) is 7.34. The first kappa shape index (κ1) is 12.8. The van der Waals surface area contributed by atoms with Gasteiger partial charge in [0.25, 0.3) is 0 Å². The van der Waals surface area contributed by atoms with Crippen LogP contribution in [0, 0.1) is 0 Å². The molecule has 0 saturated carbocycles. The van der Waals surface area contributed by atoms with Crippen LogP contribution in [0.2, 0.25) is 0 Å². The lowest BCUT2D eigenvalue weighted by molar-refractivity contribution is -0.188. The topological polar surface area (TPSA) is 148 Å². The molecule has 7 N–H and O–H groups in total. The molecule has 2 amide bonds. The van der Waals surface area contributed by atoms with Crippen molar-refractivity contribution in [2.75, 3.05) is 0 Å². The molecule has 0 aromatic heterocycles. The van der Waals surface area contributed by atoms with E-state index in [0.717, 1.165) is 0 Å². The third kappa shape index (κ3) is 2.47. The summed E-state index contributed by atoms with van der Waals surface area (Å²) < 4.78 is 4.92. The third-order valence-corrected chi connectivity index (χ3v) is 2.34. The van der Waals surface area contributed by atoms with Crippen molar-refractivity contribution in [3.8, 4) is 0 Å². The Morgan fingerprint density at radius 3 is 2.31 bits per heavy atom. The number of aliphatic hydroxyl groups is 2. The van der Waals surface area contributed by atoms with Gasteiger partial charge in [-0.15, -0.1) is 0 Å². The molecule has 1 saturated heterocycles. The molecule has 16 heavy (non-hydrogen) atoms. The molecule has 8 nitrogen and oxygen atoms in total. The van der Waals surface area contributed by atoms with E-state index >= 15 is 0 Å². The third-order valence-electron chi connectivity index (χ3n) is 2.34. The number of hydrogen-bond donors (Lipinski definition) is 5. The van der Waals surface area contributed by atoms with Gasteiger partial charge in [0, 0.05) is 6.92 Å². The van der Waals surface area contributed by atoms with E-state index < -0.39 is 42.4 Å². The van der Waals surface area contributed by atoms with E-state index in [2.05, 4.69) is 5.32 Å². The monoisotopic (exact) mass is 233 g/mol. The van der Waals surface area contributed by atoms with Crippen LogP contribution in [0.5, 0.6) is 0 Å². The van der Waals surface area contributed by atoms with Crippen LogP contribution in [0.25, 0.3) is 0 Å². The van der Waals surface area contributed by atoms with E-state index in [1.54, 1.807) is 0 Å².